The van der Waals surface area contributed by atoms with Crippen LogP contribution >= 0.6 is 46.4 Å². The largest absolute Gasteiger partial charge is 1.00 e. The first-order chi connectivity index (χ1) is 37.4. The van der Waals surface area contributed by atoms with Crippen LogP contribution in [0.25, 0.3) is 0 Å². The van der Waals surface area contributed by atoms with Crippen LogP contribution in [0.4, 0.5) is 96.1 Å². The topological polar surface area (TPSA) is 351 Å². The predicted octanol–water partition coefficient (Wildman–Crippen LogP) is 6.98. The van der Waals surface area contributed by atoms with Gasteiger partial charge in [-0.25, -0.2) is 33.7 Å². The van der Waals surface area contributed by atoms with Gasteiger partial charge in [-0.2, -0.15) is 79.0 Å². The van der Waals surface area contributed by atoms with Gasteiger partial charge in [0.1, 0.15) is 19.7 Å². The van der Waals surface area contributed by atoms with Gasteiger partial charge in [-0.3, -0.25) is 52.0 Å². The summed E-state index contributed by atoms with van der Waals surface area (Å²) in [7, 11) is -40.3. The molecule has 0 fully saturated rings. The maximum atomic E-state index is 12.6. The minimum absolute atomic E-state index is 0. The summed E-state index contributed by atoms with van der Waals surface area (Å²) in [5.41, 5.74) is -41.4. The number of carbonyl (C=O) groups excluding carboxylic acids is 1. The van der Waals surface area contributed by atoms with Crippen LogP contribution < -0.4 is 29.6 Å². The van der Waals surface area contributed by atoms with E-state index in [1.807, 2.05) is 0 Å². The number of carbonyl (C=O) groups is 1. The molecule has 3 aromatic rings. The fourth-order valence-corrected chi connectivity index (χ4v) is 13.4. The van der Waals surface area contributed by atoms with Crippen molar-refractivity contribution >= 4 is 129 Å². The van der Waals surface area contributed by atoms with Gasteiger partial charge in [0.15, 0.2) is 16.0 Å². The van der Waals surface area contributed by atoms with Crippen molar-refractivity contribution in [2.45, 2.75) is 50.5 Å². The molecule has 0 aromatic heterocycles. The van der Waals surface area contributed by atoms with E-state index >= 15 is 0 Å². The van der Waals surface area contributed by atoms with Crippen molar-refractivity contribution in [1.29, 1.82) is 0 Å². The Kier molecular flexibility index (Phi) is 35.2. The van der Waals surface area contributed by atoms with Gasteiger partial charge >= 0.3 is 62.6 Å². The van der Waals surface area contributed by atoms with Crippen molar-refractivity contribution in [3.8, 4) is 0 Å². The predicted molar refractivity (Wildman–Crippen MR) is 257 cm³/mol. The molecule has 0 aliphatic rings. The molecule has 0 atom stereocenters. The average Bonchev–Trinajstić information content (AvgIpc) is 3.33. The molecule has 484 valence electrons. The van der Waals surface area contributed by atoms with Gasteiger partial charge in [-0.15, -0.1) is 52.8 Å². The second-order valence-corrected chi connectivity index (χ2v) is 28.3. The number of hydrogen-bond donors (Lipinski definition) is 0. The van der Waals surface area contributed by atoms with Crippen molar-refractivity contribution in [2.75, 3.05) is 28.6 Å². The first-order valence-corrected chi connectivity index (χ1v) is 30.9. The van der Waals surface area contributed by atoms with Gasteiger partial charge in [0, 0.05) is 59.3 Å². The molecule has 0 radical (unpaired) electrons. The molecule has 0 saturated carbocycles. The normalized spacial score (nSPS) is 12.8. The zero-order valence-corrected chi connectivity index (χ0v) is 50.3. The molecular formula is C34H28Cl4F18N3NaO19S6. The quantitative estimate of drug-likeness (QED) is 0.0265. The van der Waals surface area contributed by atoms with E-state index in [1.54, 1.807) is 6.07 Å². The molecule has 0 aliphatic carbocycles. The molecule has 51 heteroatoms. The Bertz CT molecular complexity index is 3150. The van der Waals surface area contributed by atoms with E-state index in [2.05, 4.69) is 0 Å². The Balaban J connectivity index is -0.000000509. The van der Waals surface area contributed by atoms with Gasteiger partial charge in [-0.1, -0.05) is 53.1 Å². The number of nitro groups is 3. The van der Waals surface area contributed by atoms with E-state index in [0.29, 0.717) is 54.1 Å². The smallest absolute Gasteiger partial charge is 0.298 e. The molecule has 22 nitrogen and oxygen atoms in total. The molecule has 0 spiro atoms. The fraction of sp³-hybridized carbons (Fsp3) is 0.412. The zero-order chi connectivity index (χ0) is 67.5. The van der Waals surface area contributed by atoms with Crippen molar-refractivity contribution in [1.82, 2.24) is 0 Å². The third kappa shape index (κ3) is 26.0. The van der Waals surface area contributed by atoms with Crippen LogP contribution in [0.1, 0.15) is 21.5 Å². The number of benzene rings is 3. The maximum Gasteiger partial charge on any atom is 1.00 e. The zero-order valence-electron chi connectivity index (χ0n) is 40.4. The van der Waals surface area contributed by atoms with Gasteiger partial charge in [0.05, 0.1) is 20.3 Å². The van der Waals surface area contributed by atoms with Crippen molar-refractivity contribution in [3.05, 3.63) is 124 Å². The second kappa shape index (κ2) is 34.2. The van der Waals surface area contributed by atoms with Crippen LogP contribution in [-0.2, 0) is 71.9 Å². The molecule has 0 saturated heterocycles. The van der Waals surface area contributed by atoms with E-state index in [0.717, 1.165) is 24.3 Å². The van der Waals surface area contributed by atoms with Crippen LogP contribution in [0, 0.1) is 34.9 Å². The fourth-order valence-electron chi connectivity index (χ4n) is 4.40. The molecule has 0 aliphatic heterocycles. The number of halogens is 22. The van der Waals surface area contributed by atoms with Gasteiger partial charge in [0.2, 0.25) is 0 Å². The number of alkyl halides is 22. The van der Waals surface area contributed by atoms with Gasteiger partial charge < -0.3 is 0 Å². The summed E-state index contributed by atoms with van der Waals surface area (Å²) in [5.74, 6) is 2.23. The van der Waals surface area contributed by atoms with Crippen molar-refractivity contribution in [2.24, 2.45) is 0 Å². The number of para-hydroxylation sites is 3. The third-order valence-corrected chi connectivity index (χ3v) is 21.7. The summed E-state index contributed by atoms with van der Waals surface area (Å²) in [6, 6.07) is 12.3. The number of sulfone groups is 6. The summed E-state index contributed by atoms with van der Waals surface area (Å²) >= 11 is 20.2. The van der Waals surface area contributed by atoms with Crippen LogP contribution in [0.3, 0.4) is 0 Å². The summed E-state index contributed by atoms with van der Waals surface area (Å²) in [4.78, 5) is 39.0. The minimum Gasteiger partial charge on any atom is -0.298 e. The van der Waals surface area contributed by atoms with E-state index in [1.165, 1.54) is 18.2 Å². The van der Waals surface area contributed by atoms with Crippen LogP contribution in [0.5, 0.6) is 0 Å². The third-order valence-electron chi connectivity index (χ3n) is 8.06. The molecule has 3 rings (SSSR count). The number of rotatable bonds is 16. The minimum atomic E-state index is -6.93. The van der Waals surface area contributed by atoms with Gasteiger partial charge in [-0.05, 0) is 6.07 Å². The van der Waals surface area contributed by atoms with Gasteiger partial charge in [0.25, 0.3) is 56.4 Å². The van der Waals surface area contributed by atoms with E-state index in [9.17, 15) is 165 Å². The van der Waals surface area contributed by atoms with Crippen molar-refractivity contribution in [3.63, 3.8) is 0 Å². The Labute approximate surface area is 507 Å². The first kappa shape index (κ1) is 87.6. The van der Waals surface area contributed by atoms with E-state index in [4.69, 9.17) is 46.4 Å². The second-order valence-electron chi connectivity index (χ2n) is 13.8. The Morgan fingerprint density at radius 1 is 0.435 bits per heavy atom. The number of hydrogen-bond acceptors (Lipinski definition) is 19. The Morgan fingerprint density at radius 2 is 0.706 bits per heavy atom. The van der Waals surface area contributed by atoms with Crippen LogP contribution in [0.2, 0.25) is 0 Å². The summed E-state index contributed by atoms with van der Waals surface area (Å²) < 4.78 is 345. The molecule has 0 N–H and O–H groups in total. The Morgan fingerprint density at radius 3 is 0.953 bits per heavy atom. The standard InChI is InChI=1S/C10H7F6NO6S2.C10H6F6NO6S2.C7H5NO3.C3H2F6O4S2.2C2H4Cl2.Na/c2*11-9(12,13)24(20,21)8(25(22,23)10(14,15)16)5-6-3-1-2-4-7(6)17(18)19;9-5-6-3-1-2-4-7(6)8(10)11;4-2(5,6)14(10,11)1-15(12,13)3(7,8)9;2*3-1-2-4;/h1-4,8H,5H2;1-4H,5H2;1-5H;1H2;2*1-2H2;/q;-1;;;;;+1. The summed E-state index contributed by atoms with van der Waals surface area (Å²) in [6.45, 7) is 0. The molecule has 85 heavy (non-hydrogen) atoms. The molecule has 0 amide bonds. The Hall–Kier alpha value is -3.87. The molecule has 0 bridgehead atoms. The monoisotopic (exact) mass is 1480 g/mol. The van der Waals surface area contributed by atoms with E-state index in [-0.39, 0.29) is 40.8 Å². The van der Waals surface area contributed by atoms with Crippen LogP contribution in [0.15, 0.2) is 72.8 Å². The first-order valence-electron chi connectivity index (χ1n) is 19.4. The number of nitrogens with zero attached hydrogens (tertiary/aromatic N) is 3. The molecule has 3 aromatic carbocycles. The molecular weight excluding hydrogens is 1450 g/mol. The maximum absolute atomic E-state index is 12.6. The van der Waals surface area contributed by atoms with Crippen LogP contribution in [-0.4, -0.2) is 138 Å². The number of aldehydes is 1. The number of nitro benzene ring substituents is 3. The average molecular weight is 1480 g/mol. The van der Waals surface area contributed by atoms with Crippen molar-refractivity contribution < 1.29 is 179 Å². The molecule has 0 heterocycles. The molecule has 0 unspecified atom stereocenters. The summed E-state index contributed by atoms with van der Waals surface area (Å²) in [6.07, 6.45) is -3.42. The van der Waals surface area contributed by atoms with E-state index < -0.39 is 156 Å². The summed E-state index contributed by atoms with van der Waals surface area (Å²) in [5, 5.41) is 28.7. The SMILES string of the molecule is ClCCCl.ClCCCl.O=Cc1ccccc1[N+](=O)[O-].O=S(=O)(CS(=O)(=O)C(F)(F)F)C(F)(F)F.O=[N+]([O-])c1ccccc1CC(S(=O)(=O)C(F)(F)F)S(=O)(=O)C(F)(F)F.O=[N+]([O-])c1ccccc1C[C-](S(=O)(=O)C(F)(F)F)S(=O)(=O)C(F)(F)F.[Na+].